The molecular weight excluding hydrogens is 442 g/mol. The highest BCUT2D eigenvalue weighted by Gasteiger charge is 2.71. The molecule has 1 aromatic rings. The smallest absolute Gasteiger partial charge is 0.203 e. The average molecular weight is 468 g/mol. The van der Waals surface area contributed by atoms with E-state index in [1.807, 2.05) is 12.2 Å². The minimum absolute atomic E-state index is 0.00305. The minimum Gasteiger partial charge on any atom is -0.486 e. The standard InChI is InChI=1S/C26H26ClNO5/c1-14(29)25(31)10-8-17-19-13-15-7-9-26(32,21(30)16-5-3-4-6-18(16)27)22-20(15)24(17,23(25)33-22)11-12-28(19)2/h3-8,10,17,19,23,31-32H,9,11-13H2,1-2H3/t17-,19+,23+,24-,25+,26?/m0/s1. The van der Waals surface area contributed by atoms with Crippen molar-refractivity contribution in [3.05, 3.63) is 70.0 Å². The van der Waals surface area contributed by atoms with Crippen molar-refractivity contribution >= 4 is 23.2 Å². The first-order valence-corrected chi connectivity index (χ1v) is 11.8. The summed E-state index contributed by atoms with van der Waals surface area (Å²) in [7, 11) is 2.10. The number of hydrogen-bond donors (Lipinski definition) is 2. The summed E-state index contributed by atoms with van der Waals surface area (Å²) >= 11 is 6.31. The number of rotatable bonds is 3. The topological polar surface area (TPSA) is 87.1 Å². The Morgan fingerprint density at radius 2 is 2.00 bits per heavy atom. The van der Waals surface area contributed by atoms with Crippen LogP contribution in [0.1, 0.15) is 36.5 Å². The number of ether oxygens (including phenoxy) is 1. The van der Waals surface area contributed by atoms with Gasteiger partial charge in [-0.3, -0.25) is 9.59 Å². The maximum absolute atomic E-state index is 13.7. The highest BCUT2D eigenvalue weighted by atomic mass is 35.5. The number of benzene rings is 1. The number of Topliss-reactive ketones (excluding diaryl/α,β-unsaturated/α-hetero) is 2. The molecule has 5 aliphatic rings. The molecule has 2 aliphatic heterocycles. The monoisotopic (exact) mass is 467 g/mol. The fraction of sp³-hybridized carbons (Fsp3) is 0.462. The van der Waals surface area contributed by atoms with E-state index < -0.39 is 34.3 Å². The zero-order chi connectivity index (χ0) is 23.3. The number of hydrogen-bond acceptors (Lipinski definition) is 6. The molecule has 1 unspecified atom stereocenters. The van der Waals surface area contributed by atoms with Crippen LogP contribution >= 0.6 is 11.6 Å². The van der Waals surface area contributed by atoms with Crippen molar-refractivity contribution in [2.24, 2.45) is 11.3 Å². The molecule has 172 valence electrons. The van der Waals surface area contributed by atoms with Crippen molar-refractivity contribution in [2.75, 3.05) is 13.6 Å². The lowest BCUT2D eigenvalue weighted by Crippen LogP contribution is -2.67. The summed E-state index contributed by atoms with van der Waals surface area (Å²) in [5, 5.41) is 23.7. The van der Waals surface area contributed by atoms with Crippen LogP contribution in [0.5, 0.6) is 0 Å². The normalized spacial score (nSPS) is 40.8. The third-order valence-electron chi connectivity index (χ3n) is 8.63. The van der Waals surface area contributed by atoms with E-state index in [-0.39, 0.29) is 34.7 Å². The Bertz CT molecular complexity index is 1200. The Labute approximate surface area is 197 Å². The van der Waals surface area contributed by atoms with Gasteiger partial charge in [0, 0.05) is 34.9 Å². The highest BCUT2D eigenvalue weighted by molar-refractivity contribution is 6.34. The van der Waals surface area contributed by atoms with Gasteiger partial charge < -0.3 is 19.8 Å². The summed E-state index contributed by atoms with van der Waals surface area (Å²) in [6.45, 7) is 2.12. The first-order chi connectivity index (χ1) is 15.6. The number of piperidine rings is 1. The van der Waals surface area contributed by atoms with Gasteiger partial charge in [0.2, 0.25) is 5.78 Å². The van der Waals surface area contributed by atoms with Crippen molar-refractivity contribution < 1.29 is 24.5 Å². The number of ketones is 2. The first-order valence-electron chi connectivity index (χ1n) is 11.4. The number of aliphatic hydroxyl groups is 2. The van der Waals surface area contributed by atoms with Gasteiger partial charge in [-0.1, -0.05) is 35.9 Å². The van der Waals surface area contributed by atoms with Crippen molar-refractivity contribution in [3.8, 4) is 0 Å². The molecule has 2 bridgehead atoms. The molecule has 1 saturated heterocycles. The van der Waals surface area contributed by atoms with E-state index in [1.165, 1.54) is 6.92 Å². The van der Waals surface area contributed by atoms with E-state index in [0.717, 1.165) is 24.1 Å². The summed E-state index contributed by atoms with van der Waals surface area (Å²) in [5.74, 6) is -0.759. The van der Waals surface area contributed by atoms with Crippen LogP contribution in [0.2, 0.25) is 5.02 Å². The molecule has 1 saturated carbocycles. The molecule has 6 atom stereocenters. The Morgan fingerprint density at radius 3 is 2.73 bits per heavy atom. The van der Waals surface area contributed by atoms with Crippen LogP contribution in [-0.4, -0.2) is 63.6 Å². The van der Waals surface area contributed by atoms with E-state index in [1.54, 1.807) is 30.3 Å². The molecule has 6 rings (SSSR count). The molecule has 33 heavy (non-hydrogen) atoms. The molecule has 0 aromatic heterocycles. The van der Waals surface area contributed by atoms with E-state index in [0.29, 0.717) is 6.42 Å². The fourth-order valence-corrected chi connectivity index (χ4v) is 7.15. The third-order valence-corrected chi connectivity index (χ3v) is 8.96. The molecule has 1 aromatic carbocycles. The summed E-state index contributed by atoms with van der Waals surface area (Å²) in [6.07, 6.45) is 6.04. The van der Waals surface area contributed by atoms with Crippen LogP contribution in [0.4, 0.5) is 0 Å². The van der Waals surface area contributed by atoms with Crippen LogP contribution in [-0.2, 0) is 9.53 Å². The molecule has 7 heteroatoms. The molecule has 0 radical (unpaired) electrons. The van der Waals surface area contributed by atoms with E-state index >= 15 is 0 Å². The molecular formula is C26H26ClNO5. The number of carbonyl (C=O) groups excluding carboxylic acids is 2. The zero-order valence-corrected chi connectivity index (χ0v) is 19.3. The lowest BCUT2D eigenvalue weighted by Gasteiger charge is -2.59. The number of carbonyl (C=O) groups is 2. The SMILES string of the molecule is CC(=O)[C@]1(O)C=C[C@H]2[C@H]3CC4=CCC(O)(C(=O)c5ccccc5Cl)C5=C4[C@@]2(CCN3C)[C@H]1O5. The molecule has 2 heterocycles. The summed E-state index contributed by atoms with van der Waals surface area (Å²) in [5.41, 5.74) is -2.39. The quantitative estimate of drug-likeness (QED) is 0.525. The van der Waals surface area contributed by atoms with Gasteiger partial charge in [-0.15, -0.1) is 0 Å². The van der Waals surface area contributed by atoms with E-state index in [9.17, 15) is 19.8 Å². The molecule has 2 fully saturated rings. The van der Waals surface area contributed by atoms with Gasteiger partial charge in [0.15, 0.2) is 17.0 Å². The lowest BCUT2D eigenvalue weighted by atomic mass is 9.49. The van der Waals surface area contributed by atoms with Gasteiger partial charge in [-0.25, -0.2) is 0 Å². The molecule has 6 nitrogen and oxygen atoms in total. The van der Waals surface area contributed by atoms with Gasteiger partial charge in [0.05, 0.1) is 5.02 Å². The predicted molar refractivity (Wildman–Crippen MR) is 122 cm³/mol. The second-order valence-electron chi connectivity index (χ2n) is 10.1. The maximum Gasteiger partial charge on any atom is 0.203 e. The minimum atomic E-state index is -1.95. The molecule has 3 aliphatic carbocycles. The van der Waals surface area contributed by atoms with Crippen molar-refractivity contribution in [3.63, 3.8) is 0 Å². The number of halogens is 1. The van der Waals surface area contributed by atoms with E-state index in [4.69, 9.17) is 16.3 Å². The summed E-state index contributed by atoms with van der Waals surface area (Å²) < 4.78 is 6.42. The fourth-order valence-electron chi connectivity index (χ4n) is 6.93. The van der Waals surface area contributed by atoms with Crippen molar-refractivity contribution in [2.45, 2.75) is 49.5 Å². The predicted octanol–water partition coefficient (Wildman–Crippen LogP) is 2.84. The number of likely N-dealkylation sites (tertiary alicyclic amines) is 1. The highest BCUT2D eigenvalue weighted by Crippen LogP contribution is 2.67. The Balaban J connectivity index is 1.57. The molecule has 0 amide bonds. The average Bonchev–Trinajstić information content (AvgIpc) is 3.15. The van der Waals surface area contributed by atoms with E-state index in [2.05, 4.69) is 11.9 Å². The summed E-state index contributed by atoms with van der Waals surface area (Å²) in [4.78, 5) is 28.7. The Kier molecular flexibility index (Phi) is 4.30. The van der Waals surface area contributed by atoms with Crippen molar-refractivity contribution in [1.82, 2.24) is 4.90 Å². The Hall–Kier alpha value is -2.25. The zero-order valence-electron chi connectivity index (χ0n) is 18.5. The summed E-state index contributed by atoms with van der Waals surface area (Å²) in [6, 6.07) is 6.83. The van der Waals surface area contributed by atoms with Gasteiger partial charge in [0.1, 0.15) is 11.9 Å². The third kappa shape index (κ3) is 2.45. The van der Waals surface area contributed by atoms with Crippen LogP contribution < -0.4 is 0 Å². The second kappa shape index (κ2) is 6.66. The molecule has 1 spiro atoms. The van der Waals surface area contributed by atoms with Gasteiger partial charge in [0.25, 0.3) is 0 Å². The van der Waals surface area contributed by atoms with Crippen LogP contribution in [0, 0.1) is 11.3 Å². The van der Waals surface area contributed by atoms with Crippen LogP contribution in [0.3, 0.4) is 0 Å². The lowest BCUT2D eigenvalue weighted by molar-refractivity contribution is -0.164. The molecule has 2 N–H and O–H groups in total. The van der Waals surface area contributed by atoms with Crippen LogP contribution in [0.15, 0.2) is 59.4 Å². The van der Waals surface area contributed by atoms with Gasteiger partial charge >= 0.3 is 0 Å². The number of nitrogens with zero attached hydrogens (tertiary/aromatic N) is 1. The van der Waals surface area contributed by atoms with Crippen LogP contribution in [0.25, 0.3) is 0 Å². The van der Waals surface area contributed by atoms with Gasteiger partial charge in [-0.05, 0) is 57.1 Å². The first kappa shape index (κ1) is 21.3. The van der Waals surface area contributed by atoms with Gasteiger partial charge in [-0.2, -0.15) is 0 Å². The second-order valence-corrected chi connectivity index (χ2v) is 10.5. The maximum atomic E-state index is 13.7. The van der Waals surface area contributed by atoms with Crippen molar-refractivity contribution in [1.29, 1.82) is 0 Å². The Morgan fingerprint density at radius 1 is 1.24 bits per heavy atom. The largest absolute Gasteiger partial charge is 0.486 e.